The predicted molar refractivity (Wildman–Crippen MR) is 140 cm³/mol. The number of fused-ring (bicyclic) bond motifs is 2. The van der Waals surface area contributed by atoms with Crippen LogP contribution < -0.4 is 4.74 Å². The first-order valence-corrected chi connectivity index (χ1v) is 13.7. The van der Waals surface area contributed by atoms with E-state index in [9.17, 15) is 5.11 Å². The van der Waals surface area contributed by atoms with Gasteiger partial charge in [-0.1, -0.05) is 18.2 Å². The van der Waals surface area contributed by atoms with Crippen molar-refractivity contribution in [1.82, 2.24) is 15.1 Å². The molecule has 188 valence electrons. The van der Waals surface area contributed by atoms with E-state index < -0.39 is 6.10 Å². The SMILES string of the molecule is Cc1nnc(-c2cc3c(OC[C@@H](O)CN4CCC(c5ccc6c(c5)CCCS6)CC4)cccc3o2)o1. The van der Waals surface area contributed by atoms with Crippen molar-refractivity contribution in [3.8, 4) is 17.4 Å². The van der Waals surface area contributed by atoms with Crippen LogP contribution >= 0.6 is 11.8 Å². The van der Waals surface area contributed by atoms with Crippen LogP contribution in [0.5, 0.6) is 5.75 Å². The van der Waals surface area contributed by atoms with Crippen LogP contribution in [0.3, 0.4) is 0 Å². The van der Waals surface area contributed by atoms with E-state index in [4.69, 9.17) is 13.6 Å². The van der Waals surface area contributed by atoms with E-state index >= 15 is 0 Å². The molecule has 0 amide bonds. The van der Waals surface area contributed by atoms with Crippen LogP contribution in [0.4, 0.5) is 0 Å². The summed E-state index contributed by atoms with van der Waals surface area (Å²) in [6.07, 6.45) is 4.19. The molecule has 0 aliphatic carbocycles. The Kier molecular flexibility index (Phi) is 6.73. The Morgan fingerprint density at radius 1 is 1.14 bits per heavy atom. The number of aliphatic hydroxyl groups excluding tert-OH is 1. The van der Waals surface area contributed by atoms with Crippen LogP contribution in [0, 0.1) is 6.92 Å². The van der Waals surface area contributed by atoms with Gasteiger partial charge in [-0.2, -0.15) is 0 Å². The van der Waals surface area contributed by atoms with Gasteiger partial charge in [0, 0.05) is 24.4 Å². The number of aryl methyl sites for hydroxylation is 2. The molecule has 0 bridgehead atoms. The number of piperidine rings is 1. The second-order valence-corrected chi connectivity index (χ2v) is 10.9. The predicted octanol–water partition coefficient (Wildman–Crippen LogP) is 5.45. The molecule has 2 aromatic carbocycles. The number of hydrogen-bond donors (Lipinski definition) is 1. The van der Waals surface area contributed by atoms with Gasteiger partial charge in [0.2, 0.25) is 5.89 Å². The normalized spacial score (nSPS) is 17.8. The number of thioether (sulfide) groups is 1. The lowest BCUT2D eigenvalue weighted by atomic mass is 9.88. The van der Waals surface area contributed by atoms with Crippen LogP contribution in [-0.2, 0) is 6.42 Å². The van der Waals surface area contributed by atoms with Gasteiger partial charge in [0.1, 0.15) is 24.0 Å². The average molecular weight is 506 g/mol. The number of aliphatic hydroxyl groups is 1. The molecule has 1 atom stereocenters. The van der Waals surface area contributed by atoms with Gasteiger partial charge in [0.25, 0.3) is 5.89 Å². The minimum Gasteiger partial charge on any atom is -0.490 e. The Labute approximate surface area is 214 Å². The van der Waals surface area contributed by atoms with Crippen molar-refractivity contribution in [2.75, 3.05) is 32.0 Å². The second-order valence-electron chi connectivity index (χ2n) is 9.76. The van der Waals surface area contributed by atoms with Gasteiger partial charge < -0.3 is 23.6 Å². The third-order valence-electron chi connectivity index (χ3n) is 7.15. The summed E-state index contributed by atoms with van der Waals surface area (Å²) >= 11 is 1.99. The lowest BCUT2D eigenvalue weighted by molar-refractivity contribution is 0.0599. The molecular formula is C28H31N3O4S. The molecule has 8 heteroatoms. The van der Waals surface area contributed by atoms with E-state index in [0.717, 1.165) is 31.3 Å². The maximum Gasteiger partial charge on any atom is 0.283 e. The van der Waals surface area contributed by atoms with Crippen LogP contribution in [0.2, 0.25) is 0 Å². The molecule has 1 saturated heterocycles. The molecule has 1 fully saturated rings. The zero-order valence-corrected chi connectivity index (χ0v) is 21.3. The van der Waals surface area contributed by atoms with E-state index in [-0.39, 0.29) is 6.61 Å². The summed E-state index contributed by atoms with van der Waals surface area (Å²) in [5.41, 5.74) is 3.70. The van der Waals surface area contributed by atoms with Crippen molar-refractivity contribution >= 4 is 22.7 Å². The zero-order valence-electron chi connectivity index (χ0n) is 20.5. The highest BCUT2D eigenvalue weighted by Crippen LogP contribution is 2.36. The van der Waals surface area contributed by atoms with Gasteiger partial charge >= 0.3 is 0 Å². The summed E-state index contributed by atoms with van der Waals surface area (Å²) < 4.78 is 17.4. The number of rotatable bonds is 7. The van der Waals surface area contributed by atoms with E-state index in [2.05, 4.69) is 33.3 Å². The van der Waals surface area contributed by atoms with Crippen molar-refractivity contribution in [3.05, 3.63) is 59.5 Å². The first-order valence-electron chi connectivity index (χ1n) is 12.7. The summed E-state index contributed by atoms with van der Waals surface area (Å²) in [5.74, 6) is 3.85. The molecule has 36 heavy (non-hydrogen) atoms. The number of hydrogen-bond acceptors (Lipinski definition) is 8. The highest BCUT2D eigenvalue weighted by molar-refractivity contribution is 7.99. The maximum atomic E-state index is 10.7. The Balaban J connectivity index is 1.03. The number of furan rings is 1. The van der Waals surface area contributed by atoms with Gasteiger partial charge in [-0.05, 0) is 79.8 Å². The Morgan fingerprint density at radius 3 is 2.86 bits per heavy atom. The van der Waals surface area contributed by atoms with E-state index in [1.54, 1.807) is 6.92 Å². The molecule has 2 aromatic heterocycles. The summed E-state index contributed by atoms with van der Waals surface area (Å²) in [5, 5.41) is 19.4. The molecule has 7 nitrogen and oxygen atoms in total. The monoisotopic (exact) mass is 505 g/mol. The lowest BCUT2D eigenvalue weighted by Gasteiger charge is -2.33. The number of nitrogens with zero attached hydrogens (tertiary/aromatic N) is 3. The quantitative estimate of drug-likeness (QED) is 0.355. The fourth-order valence-corrected chi connectivity index (χ4v) is 6.30. The molecule has 4 heterocycles. The lowest BCUT2D eigenvalue weighted by Crippen LogP contribution is -2.40. The molecular weight excluding hydrogens is 474 g/mol. The van der Waals surface area contributed by atoms with E-state index in [1.165, 1.54) is 34.6 Å². The maximum absolute atomic E-state index is 10.7. The number of likely N-dealkylation sites (tertiary alicyclic amines) is 1. The van der Waals surface area contributed by atoms with Crippen molar-refractivity contribution in [1.29, 1.82) is 0 Å². The molecule has 0 spiro atoms. The highest BCUT2D eigenvalue weighted by atomic mass is 32.2. The fraction of sp³-hybridized carbons (Fsp3) is 0.429. The van der Waals surface area contributed by atoms with Crippen molar-refractivity contribution in [2.45, 2.75) is 49.5 Å². The first-order chi connectivity index (χ1) is 17.6. The fourth-order valence-electron chi connectivity index (χ4n) is 5.28. The van der Waals surface area contributed by atoms with E-state index in [0.29, 0.717) is 41.3 Å². The first kappa shape index (κ1) is 23.6. The largest absolute Gasteiger partial charge is 0.490 e. The molecule has 2 aliphatic heterocycles. The zero-order chi connectivity index (χ0) is 24.5. The van der Waals surface area contributed by atoms with Gasteiger partial charge in [-0.15, -0.1) is 22.0 Å². The number of ether oxygens (including phenoxy) is 1. The third-order valence-corrected chi connectivity index (χ3v) is 8.35. The number of aromatic nitrogens is 2. The Morgan fingerprint density at radius 2 is 2.03 bits per heavy atom. The van der Waals surface area contributed by atoms with Crippen molar-refractivity contribution < 1.29 is 18.7 Å². The third kappa shape index (κ3) is 5.03. The molecule has 6 rings (SSSR count). The highest BCUT2D eigenvalue weighted by Gasteiger charge is 2.24. The summed E-state index contributed by atoms with van der Waals surface area (Å²) in [7, 11) is 0. The van der Waals surface area contributed by atoms with Crippen LogP contribution in [-0.4, -0.2) is 58.3 Å². The van der Waals surface area contributed by atoms with Crippen LogP contribution in [0.25, 0.3) is 22.6 Å². The summed E-state index contributed by atoms with van der Waals surface area (Å²) in [6, 6.07) is 14.6. The molecule has 1 N–H and O–H groups in total. The summed E-state index contributed by atoms with van der Waals surface area (Å²) in [6.45, 7) is 4.57. The second kappa shape index (κ2) is 10.3. The summed E-state index contributed by atoms with van der Waals surface area (Å²) in [4.78, 5) is 3.82. The van der Waals surface area contributed by atoms with Crippen LogP contribution in [0.15, 0.2) is 56.2 Å². The van der Waals surface area contributed by atoms with Gasteiger partial charge in [-0.3, -0.25) is 0 Å². The average Bonchev–Trinajstić information content (AvgIpc) is 3.54. The van der Waals surface area contributed by atoms with Gasteiger partial charge in [-0.25, -0.2) is 0 Å². The Hall–Kier alpha value is -2.81. The van der Waals surface area contributed by atoms with Crippen LogP contribution in [0.1, 0.15) is 42.2 Å². The van der Waals surface area contributed by atoms with Crippen molar-refractivity contribution in [3.63, 3.8) is 0 Å². The minimum absolute atomic E-state index is 0.224. The number of β-amino-alcohol motifs (C(OH)–C–C–N with tert-alkyl or cyclic N) is 1. The van der Waals surface area contributed by atoms with Gasteiger partial charge in [0.15, 0.2) is 5.76 Å². The van der Waals surface area contributed by atoms with E-state index in [1.807, 2.05) is 36.0 Å². The molecule has 4 aromatic rings. The molecule has 0 radical (unpaired) electrons. The smallest absolute Gasteiger partial charge is 0.283 e. The topological polar surface area (TPSA) is 84.8 Å². The molecule has 2 aliphatic rings. The van der Waals surface area contributed by atoms with Gasteiger partial charge in [0.05, 0.1) is 5.39 Å². The molecule has 0 unspecified atom stereocenters. The minimum atomic E-state index is -0.567. The standard InChI is InChI=1S/C28H31N3O4S/c1-18-29-30-28(34-18)26-15-23-24(5-2-6-25(23)35-26)33-17-22(32)16-31-11-9-19(10-12-31)20-7-8-27-21(14-20)4-3-13-36-27/h2,5-8,14-15,19,22,32H,3-4,9-13,16-17H2,1H3/t22-/m0/s1. The number of benzene rings is 2. The Bertz CT molecular complexity index is 1340. The molecule has 0 saturated carbocycles. The van der Waals surface area contributed by atoms with Crippen molar-refractivity contribution in [2.24, 2.45) is 0 Å².